The summed E-state index contributed by atoms with van der Waals surface area (Å²) in [7, 11) is 0. The van der Waals surface area contributed by atoms with Gasteiger partial charge in [0.25, 0.3) is 0 Å². The van der Waals surface area contributed by atoms with Gasteiger partial charge in [0.15, 0.2) is 0 Å². The van der Waals surface area contributed by atoms with E-state index in [9.17, 15) is 9.59 Å². The van der Waals surface area contributed by atoms with E-state index in [0.717, 1.165) is 119 Å². The van der Waals surface area contributed by atoms with Gasteiger partial charge in [-0.1, -0.05) is 51.6 Å². The highest BCUT2D eigenvalue weighted by atomic mass is 35.5. The van der Waals surface area contributed by atoms with Crippen molar-refractivity contribution in [3.05, 3.63) is 115 Å². The maximum absolute atomic E-state index is 11.1. The van der Waals surface area contributed by atoms with Gasteiger partial charge in [0.1, 0.15) is 11.6 Å². The monoisotopic (exact) mass is 980 g/mol. The molecule has 0 bridgehead atoms. The Morgan fingerprint density at radius 2 is 0.952 bits per heavy atom. The second kappa shape index (κ2) is 28.5. The number of carbonyl (C=O) groups is 2. The summed E-state index contributed by atoms with van der Waals surface area (Å²) in [5.41, 5.74) is 21.0. The number of halogens is 6. The predicted octanol–water partition coefficient (Wildman–Crippen LogP) is 12.5. The van der Waals surface area contributed by atoms with Crippen LogP contribution in [0.25, 0.3) is 0 Å². The minimum absolute atomic E-state index is 0.148. The highest BCUT2D eigenvalue weighted by Crippen LogP contribution is 2.27. The maximum Gasteiger partial charge on any atom is 0.136 e. The number of alkyl halides is 2. The number of anilines is 4. The Morgan fingerprint density at radius 1 is 0.603 bits per heavy atom. The van der Waals surface area contributed by atoms with Gasteiger partial charge < -0.3 is 31.4 Å². The van der Waals surface area contributed by atoms with Crippen LogP contribution >= 0.6 is 69.6 Å². The number of Topliss-reactive ketones (excluding diaryl/α,β-unsaturated/α-hetero) is 2. The minimum atomic E-state index is 0.148. The number of nitrogens with two attached hydrogens (primary N) is 2. The summed E-state index contributed by atoms with van der Waals surface area (Å²) in [6, 6.07) is 24.1. The van der Waals surface area contributed by atoms with Gasteiger partial charge in [-0.15, -0.1) is 23.2 Å². The van der Waals surface area contributed by atoms with Gasteiger partial charge in [-0.3, -0.25) is 9.59 Å². The fraction of sp³-hybridized carbons (Fsp3) is 0.438. The number of hydrogen-bond donors (Lipinski definition) is 3. The number of benzene rings is 4. The molecule has 3 fully saturated rings. The molecule has 3 saturated heterocycles. The van der Waals surface area contributed by atoms with Crippen LogP contribution in [0, 0.1) is 27.7 Å². The highest BCUT2D eigenvalue weighted by Gasteiger charge is 2.18. The van der Waals surface area contributed by atoms with Gasteiger partial charge in [-0.05, 0) is 136 Å². The molecule has 344 valence electrons. The van der Waals surface area contributed by atoms with Gasteiger partial charge >= 0.3 is 0 Å². The largest absolute Gasteiger partial charge is 0.411 e. The Morgan fingerprint density at radius 3 is 1.29 bits per heavy atom. The van der Waals surface area contributed by atoms with Crippen molar-refractivity contribution < 1.29 is 14.8 Å². The van der Waals surface area contributed by atoms with Crippen molar-refractivity contribution in [2.75, 3.05) is 71.5 Å². The quantitative estimate of drug-likeness (QED) is 0.0723. The maximum atomic E-state index is 11.1. The van der Waals surface area contributed by atoms with Crippen LogP contribution < -0.4 is 26.2 Å². The molecular formula is C48H62Cl6N6O3. The second-order valence-corrected chi connectivity index (χ2v) is 18.1. The van der Waals surface area contributed by atoms with E-state index in [1.807, 2.05) is 64.1 Å². The number of ketones is 2. The third-order valence-electron chi connectivity index (χ3n) is 10.8. The number of nitrogen functional groups attached to an aromatic ring is 1. The predicted molar refractivity (Wildman–Crippen MR) is 271 cm³/mol. The molecule has 0 unspecified atom stereocenters. The lowest BCUT2D eigenvalue weighted by molar-refractivity contribution is -0.119. The van der Waals surface area contributed by atoms with Gasteiger partial charge in [0, 0.05) is 138 Å². The number of carbonyl (C=O) groups excluding carboxylic acids is 2. The smallest absolute Gasteiger partial charge is 0.136 e. The molecule has 63 heavy (non-hydrogen) atoms. The van der Waals surface area contributed by atoms with Gasteiger partial charge in [0.2, 0.25) is 0 Å². The fourth-order valence-electron chi connectivity index (χ4n) is 6.78. The summed E-state index contributed by atoms with van der Waals surface area (Å²) in [6.07, 6.45) is 6.07. The highest BCUT2D eigenvalue weighted by molar-refractivity contribution is 6.32. The number of aryl methyl sites for hydroxylation is 4. The van der Waals surface area contributed by atoms with E-state index in [-0.39, 0.29) is 5.78 Å². The normalized spacial score (nSPS) is 15.1. The molecule has 0 spiro atoms. The summed E-state index contributed by atoms with van der Waals surface area (Å²) in [5.74, 6) is 1.35. The van der Waals surface area contributed by atoms with Crippen LogP contribution in [0.3, 0.4) is 0 Å². The Bertz CT molecular complexity index is 2070. The van der Waals surface area contributed by atoms with Crippen molar-refractivity contribution in [3.8, 4) is 0 Å². The molecule has 3 aliphatic rings. The zero-order chi connectivity index (χ0) is 46.5. The van der Waals surface area contributed by atoms with E-state index < -0.39 is 0 Å². The molecule has 4 aromatic rings. The molecule has 15 heteroatoms. The summed E-state index contributed by atoms with van der Waals surface area (Å²) in [5, 5.41) is 15.2. The molecular weight excluding hydrogens is 921 g/mol. The van der Waals surface area contributed by atoms with Crippen molar-refractivity contribution in [2.24, 2.45) is 10.9 Å². The SMILES string of the molecule is Cc1cc(N)ccc1Cl.Cc1cc(N2CCC(=NO)CC2)ccc1Cl.Cc1cc(N2CCC(=O)CC2)ccc1Cl.Cc1cc(N2CCC(N)CC2)ccc1Cl.O=C(CCCl)CCCl. The van der Waals surface area contributed by atoms with E-state index >= 15 is 0 Å². The standard InChI is InChI=1S/C12H15ClN2O.C12H17ClN2.C12H14ClNO.C7H8ClN.C5H8Cl2O/c1-9-8-11(2-3-12(9)13)15-6-4-10(14-16)5-7-15;1-9-8-11(2-3-12(9)13)15-6-4-10(14)5-7-15;1-9-8-10(2-3-12(9)13)14-6-4-11(15)5-7-14;1-5-4-6(9)2-3-7(5)8;6-3-1-5(8)2-4-7/h2-3,8,16H,4-7H2,1H3;2-3,8,10H,4-7,14H2,1H3;2-3,8H,4-7H2,1H3;2-4H,9H2,1H3;1-4H2. The average Bonchev–Trinajstić information content (AvgIpc) is 3.27. The Kier molecular flexibility index (Phi) is 24.4. The Hall–Kier alpha value is -3.41. The molecule has 0 aliphatic carbocycles. The number of piperidine rings is 3. The Labute approximate surface area is 404 Å². The topological polar surface area (TPSA) is 128 Å². The first kappa shape index (κ1) is 53.9. The van der Waals surface area contributed by atoms with E-state index in [0.29, 0.717) is 49.3 Å². The van der Waals surface area contributed by atoms with Gasteiger partial charge in [-0.25, -0.2) is 0 Å². The lowest BCUT2D eigenvalue weighted by Crippen LogP contribution is -2.39. The number of nitrogens with zero attached hydrogens (tertiary/aromatic N) is 4. The van der Waals surface area contributed by atoms with Crippen LogP contribution in [0.5, 0.6) is 0 Å². The second-order valence-electron chi connectivity index (χ2n) is 15.7. The van der Waals surface area contributed by atoms with E-state index in [1.54, 1.807) is 12.1 Å². The molecule has 4 aromatic carbocycles. The third-order valence-corrected chi connectivity index (χ3v) is 12.9. The fourth-order valence-corrected chi connectivity index (χ4v) is 7.67. The molecule has 0 amide bonds. The molecule has 5 N–H and O–H groups in total. The van der Waals surface area contributed by atoms with Crippen LogP contribution in [0.15, 0.2) is 78.0 Å². The van der Waals surface area contributed by atoms with Crippen LogP contribution in [-0.2, 0) is 9.59 Å². The molecule has 3 heterocycles. The van der Waals surface area contributed by atoms with Crippen LogP contribution in [0.1, 0.15) is 73.6 Å². The molecule has 7 rings (SSSR count). The van der Waals surface area contributed by atoms with Crippen molar-refractivity contribution in [2.45, 2.75) is 85.1 Å². The number of oxime groups is 1. The zero-order valence-corrected chi connectivity index (χ0v) is 41.3. The van der Waals surface area contributed by atoms with Crippen molar-refractivity contribution >= 4 is 110 Å². The first-order valence-electron chi connectivity index (χ1n) is 21.2. The lowest BCUT2D eigenvalue weighted by Gasteiger charge is -2.32. The summed E-state index contributed by atoms with van der Waals surface area (Å²) in [6.45, 7) is 13.6. The average molecular weight is 984 g/mol. The van der Waals surface area contributed by atoms with E-state index in [1.165, 1.54) is 17.1 Å². The van der Waals surface area contributed by atoms with Crippen molar-refractivity contribution in [3.63, 3.8) is 0 Å². The van der Waals surface area contributed by atoms with Crippen LogP contribution in [-0.4, -0.2) is 79.6 Å². The van der Waals surface area contributed by atoms with Crippen molar-refractivity contribution in [1.29, 1.82) is 0 Å². The Balaban J connectivity index is 0.000000215. The minimum Gasteiger partial charge on any atom is -0.411 e. The van der Waals surface area contributed by atoms with E-state index in [4.69, 9.17) is 86.3 Å². The first-order valence-corrected chi connectivity index (χ1v) is 23.8. The summed E-state index contributed by atoms with van der Waals surface area (Å²) < 4.78 is 0. The molecule has 0 atom stereocenters. The molecule has 3 aliphatic heterocycles. The molecule has 0 saturated carbocycles. The summed E-state index contributed by atoms with van der Waals surface area (Å²) >= 11 is 34.2. The molecule has 0 radical (unpaired) electrons. The molecule has 0 aromatic heterocycles. The van der Waals surface area contributed by atoms with Crippen LogP contribution in [0.2, 0.25) is 20.1 Å². The lowest BCUT2D eigenvalue weighted by atomic mass is 10.1. The van der Waals surface area contributed by atoms with Crippen LogP contribution in [0.4, 0.5) is 22.7 Å². The van der Waals surface area contributed by atoms with Gasteiger partial charge in [0.05, 0.1) is 5.71 Å². The third kappa shape index (κ3) is 19.3. The molecule has 9 nitrogen and oxygen atoms in total. The zero-order valence-electron chi connectivity index (χ0n) is 36.8. The van der Waals surface area contributed by atoms with Crippen molar-refractivity contribution in [1.82, 2.24) is 0 Å². The first-order chi connectivity index (χ1) is 30.0. The number of hydrogen-bond acceptors (Lipinski definition) is 9. The number of rotatable bonds is 7. The van der Waals surface area contributed by atoms with E-state index in [2.05, 4.69) is 44.1 Å². The van der Waals surface area contributed by atoms with Gasteiger partial charge in [-0.2, -0.15) is 0 Å². The summed E-state index contributed by atoms with van der Waals surface area (Å²) in [4.78, 5) is 28.5.